The smallest absolute Gasteiger partial charge is 0.0571 e. The summed E-state index contributed by atoms with van der Waals surface area (Å²) in [4.78, 5) is 0. The molecule has 0 saturated heterocycles. The zero-order chi connectivity index (χ0) is 20.2. The maximum atomic E-state index is 10.8. The highest BCUT2D eigenvalue weighted by atomic mass is 16.3. The molecule has 0 aliphatic heterocycles. The first-order valence-corrected chi connectivity index (χ1v) is 13.5. The van der Waals surface area contributed by atoms with Crippen molar-refractivity contribution >= 4 is 0 Å². The molecule has 2 N–H and O–H groups in total. The fourth-order valence-corrected chi connectivity index (χ4v) is 8.41. The Kier molecular flexibility index (Phi) is 8.00. The Hall–Kier alpha value is -0.0800. The highest BCUT2D eigenvalue weighted by Crippen LogP contribution is 2.49. The van der Waals surface area contributed by atoms with Crippen LogP contribution in [0.3, 0.4) is 0 Å². The summed E-state index contributed by atoms with van der Waals surface area (Å²) in [6.07, 6.45) is 22.2. The quantitative estimate of drug-likeness (QED) is 0.533. The van der Waals surface area contributed by atoms with Crippen LogP contribution in [-0.2, 0) is 0 Å². The Balaban J connectivity index is 1.40. The van der Waals surface area contributed by atoms with Crippen LogP contribution < -0.4 is 0 Å². The topological polar surface area (TPSA) is 40.5 Å². The normalized spacial score (nSPS) is 41.9. The van der Waals surface area contributed by atoms with E-state index >= 15 is 0 Å². The predicted molar refractivity (Wildman–Crippen MR) is 121 cm³/mol. The average Bonchev–Trinajstić information content (AvgIpc) is 2.77. The Labute approximate surface area is 180 Å². The molecule has 4 aliphatic rings. The van der Waals surface area contributed by atoms with Crippen LogP contribution in [0.5, 0.6) is 0 Å². The first-order chi connectivity index (χ1) is 14.2. The van der Waals surface area contributed by atoms with Crippen molar-refractivity contribution in [3.05, 3.63) is 0 Å². The van der Waals surface area contributed by atoms with E-state index in [1.807, 2.05) is 0 Å². The summed E-state index contributed by atoms with van der Waals surface area (Å²) in [7, 11) is 0. The maximum Gasteiger partial charge on any atom is 0.0571 e. The van der Waals surface area contributed by atoms with Crippen molar-refractivity contribution in [2.75, 3.05) is 0 Å². The molecule has 6 atom stereocenters. The summed E-state index contributed by atoms with van der Waals surface area (Å²) >= 11 is 0. The van der Waals surface area contributed by atoms with Crippen molar-refractivity contribution in [2.45, 2.75) is 128 Å². The number of hydrogen-bond donors (Lipinski definition) is 2. The second-order valence-corrected chi connectivity index (χ2v) is 11.5. The minimum Gasteiger partial charge on any atom is -0.393 e. The zero-order valence-electron chi connectivity index (χ0n) is 19.1. The lowest BCUT2D eigenvalue weighted by Gasteiger charge is -2.47. The highest BCUT2D eigenvalue weighted by Gasteiger charge is 2.42. The van der Waals surface area contributed by atoms with Crippen molar-refractivity contribution in [3.8, 4) is 0 Å². The predicted octanol–water partition coefficient (Wildman–Crippen LogP) is 6.73. The van der Waals surface area contributed by atoms with Gasteiger partial charge in [0, 0.05) is 0 Å². The summed E-state index contributed by atoms with van der Waals surface area (Å²) in [6.45, 7) is 2.42. The molecule has 4 saturated carbocycles. The molecule has 0 aromatic carbocycles. The second-order valence-electron chi connectivity index (χ2n) is 11.5. The third kappa shape index (κ3) is 5.22. The van der Waals surface area contributed by atoms with Gasteiger partial charge in [-0.2, -0.15) is 0 Å². The molecule has 0 amide bonds. The minimum atomic E-state index is -0.0324. The van der Waals surface area contributed by atoms with Gasteiger partial charge in [0.25, 0.3) is 0 Å². The van der Waals surface area contributed by atoms with Crippen molar-refractivity contribution in [3.63, 3.8) is 0 Å². The van der Waals surface area contributed by atoms with Gasteiger partial charge in [-0.25, -0.2) is 0 Å². The van der Waals surface area contributed by atoms with Crippen LogP contribution in [-0.4, -0.2) is 22.4 Å². The summed E-state index contributed by atoms with van der Waals surface area (Å²) in [5, 5.41) is 21.6. The number of aliphatic hydroxyl groups excluding tert-OH is 2. The lowest BCUT2D eigenvalue weighted by Crippen LogP contribution is -2.42. The Morgan fingerprint density at radius 2 is 1.00 bits per heavy atom. The molecule has 2 heteroatoms. The van der Waals surface area contributed by atoms with Crippen LogP contribution in [0.25, 0.3) is 0 Å². The first kappa shape index (κ1) is 22.1. The Bertz CT molecular complexity index is 437. The van der Waals surface area contributed by atoms with Crippen molar-refractivity contribution in [1.29, 1.82) is 0 Å². The molecule has 168 valence electrons. The van der Waals surface area contributed by atoms with E-state index < -0.39 is 0 Å². The van der Waals surface area contributed by atoms with E-state index in [9.17, 15) is 10.2 Å². The fraction of sp³-hybridized carbons (Fsp3) is 1.00. The van der Waals surface area contributed by atoms with Gasteiger partial charge in [-0.15, -0.1) is 0 Å². The van der Waals surface area contributed by atoms with Crippen LogP contribution in [0.2, 0.25) is 0 Å². The molecule has 4 aliphatic carbocycles. The Morgan fingerprint density at radius 3 is 1.38 bits per heavy atom. The van der Waals surface area contributed by atoms with Gasteiger partial charge in [-0.3, -0.25) is 0 Å². The number of hydrogen-bond acceptors (Lipinski definition) is 2. The average molecular weight is 405 g/mol. The number of aliphatic hydroxyl groups is 2. The van der Waals surface area contributed by atoms with Gasteiger partial charge in [-0.05, 0) is 80.0 Å². The van der Waals surface area contributed by atoms with E-state index in [0.29, 0.717) is 11.8 Å². The van der Waals surface area contributed by atoms with Gasteiger partial charge in [0.2, 0.25) is 0 Å². The lowest BCUT2D eigenvalue weighted by atomic mass is 9.60. The van der Waals surface area contributed by atoms with Crippen LogP contribution in [0.4, 0.5) is 0 Å². The molecule has 4 rings (SSSR count). The molecule has 0 radical (unpaired) electrons. The van der Waals surface area contributed by atoms with Crippen molar-refractivity contribution in [2.24, 2.45) is 41.4 Å². The molecular weight excluding hydrogens is 356 g/mol. The van der Waals surface area contributed by atoms with Crippen molar-refractivity contribution < 1.29 is 10.2 Å². The van der Waals surface area contributed by atoms with Crippen LogP contribution in [0, 0.1) is 41.4 Å². The largest absolute Gasteiger partial charge is 0.393 e. The van der Waals surface area contributed by atoms with Gasteiger partial charge in [0.15, 0.2) is 0 Å². The third-order valence-corrected chi connectivity index (χ3v) is 10.00. The molecular formula is C27H48O2. The number of rotatable bonds is 5. The maximum absolute atomic E-state index is 10.8. The SMILES string of the molecule is CCC(C1CCC(O)C(C2CCCCC2)C1)C1CCC(O)C(C2CCCCC2)C1. The van der Waals surface area contributed by atoms with Gasteiger partial charge in [-0.1, -0.05) is 77.6 Å². The molecule has 0 heterocycles. The van der Waals surface area contributed by atoms with E-state index in [2.05, 4.69) is 6.92 Å². The summed E-state index contributed by atoms with van der Waals surface area (Å²) in [5.74, 6) is 5.21. The molecule has 2 nitrogen and oxygen atoms in total. The van der Waals surface area contributed by atoms with E-state index in [1.54, 1.807) is 0 Å². The second kappa shape index (κ2) is 10.5. The van der Waals surface area contributed by atoms with E-state index in [4.69, 9.17) is 0 Å². The van der Waals surface area contributed by atoms with Gasteiger partial charge in [0.05, 0.1) is 12.2 Å². The molecule has 0 aromatic heterocycles. The summed E-state index contributed by atoms with van der Waals surface area (Å²) in [5.41, 5.74) is 0. The van der Waals surface area contributed by atoms with E-state index in [-0.39, 0.29) is 12.2 Å². The van der Waals surface area contributed by atoms with Gasteiger partial charge < -0.3 is 10.2 Å². The molecule has 6 unspecified atom stereocenters. The molecule has 0 aromatic rings. The van der Waals surface area contributed by atoms with E-state index in [1.165, 1.54) is 96.3 Å². The standard InChI is InChI=1S/C27H48O2/c1-2-23(21-13-15-26(28)24(17-21)19-9-5-3-6-10-19)22-14-16-27(29)25(18-22)20-11-7-4-8-12-20/h19-29H,2-18H2,1H3. The monoisotopic (exact) mass is 404 g/mol. The van der Waals surface area contributed by atoms with Gasteiger partial charge >= 0.3 is 0 Å². The highest BCUT2D eigenvalue weighted by molar-refractivity contribution is 4.93. The minimum absolute atomic E-state index is 0.0324. The zero-order valence-corrected chi connectivity index (χ0v) is 19.1. The summed E-state index contributed by atoms with van der Waals surface area (Å²) < 4.78 is 0. The van der Waals surface area contributed by atoms with Crippen LogP contribution in [0.15, 0.2) is 0 Å². The molecule has 0 spiro atoms. The lowest BCUT2D eigenvalue weighted by molar-refractivity contribution is -0.0378. The fourth-order valence-electron chi connectivity index (χ4n) is 8.41. The van der Waals surface area contributed by atoms with E-state index in [0.717, 1.165) is 42.4 Å². The molecule has 0 bridgehead atoms. The third-order valence-electron chi connectivity index (χ3n) is 10.00. The van der Waals surface area contributed by atoms with Crippen LogP contribution in [0.1, 0.15) is 116 Å². The van der Waals surface area contributed by atoms with Crippen molar-refractivity contribution in [1.82, 2.24) is 0 Å². The summed E-state index contributed by atoms with van der Waals surface area (Å²) in [6, 6.07) is 0. The molecule has 4 fully saturated rings. The Morgan fingerprint density at radius 1 is 0.586 bits per heavy atom. The van der Waals surface area contributed by atoms with Crippen LogP contribution >= 0.6 is 0 Å². The first-order valence-electron chi connectivity index (χ1n) is 13.5. The van der Waals surface area contributed by atoms with Gasteiger partial charge in [0.1, 0.15) is 0 Å². The molecule has 29 heavy (non-hydrogen) atoms.